The van der Waals surface area contributed by atoms with Gasteiger partial charge in [0.25, 0.3) is 0 Å². The Morgan fingerprint density at radius 3 is 2.50 bits per heavy atom. The van der Waals surface area contributed by atoms with Crippen molar-refractivity contribution in [3.05, 3.63) is 77.8 Å². The molecule has 0 spiro atoms. The lowest BCUT2D eigenvalue weighted by Crippen LogP contribution is -2.03. The molecule has 24 heavy (non-hydrogen) atoms. The Balaban J connectivity index is 1.67. The molecule has 0 aliphatic carbocycles. The van der Waals surface area contributed by atoms with Gasteiger partial charge < -0.3 is 5.32 Å². The maximum Gasteiger partial charge on any atom is 0.170 e. The predicted octanol–water partition coefficient (Wildman–Crippen LogP) is 4.08. The zero-order valence-electron chi connectivity index (χ0n) is 12.7. The van der Waals surface area contributed by atoms with Gasteiger partial charge in [0.2, 0.25) is 0 Å². The van der Waals surface area contributed by atoms with E-state index in [0.717, 1.165) is 22.7 Å². The molecule has 2 aromatic carbocycles. The summed E-state index contributed by atoms with van der Waals surface area (Å²) in [7, 11) is 0. The van der Waals surface area contributed by atoms with Crippen LogP contribution in [0.2, 0.25) is 5.02 Å². The summed E-state index contributed by atoms with van der Waals surface area (Å²) in [5.41, 5.74) is 3.63. The molecule has 4 aromatic rings. The van der Waals surface area contributed by atoms with E-state index in [-0.39, 0.29) is 0 Å². The second-order valence-electron chi connectivity index (χ2n) is 5.32. The first-order valence-corrected chi connectivity index (χ1v) is 7.91. The second-order valence-corrected chi connectivity index (χ2v) is 5.76. The van der Waals surface area contributed by atoms with Gasteiger partial charge in [0.1, 0.15) is 12.7 Å². The Hall–Kier alpha value is -2.92. The first kappa shape index (κ1) is 14.7. The maximum atomic E-state index is 5.96. The molecule has 6 heteroatoms. The monoisotopic (exact) mass is 335 g/mol. The number of nitrogens with one attached hydrogen (secondary N) is 1. The van der Waals surface area contributed by atoms with Gasteiger partial charge in [-0.3, -0.25) is 4.57 Å². The Labute approximate surface area is 144 Å². The van der Waals surface area contributed by atoms with E-state index in [9.17, 15) is 0 Å². The molecule has 0 bridgehead atoms. The van der Waals surface area contributed by atoms with Gasteiger partial charge in [-0.15, -0.1) is 0 Å². The van der Waals surface area contributed by atoms with Crippen molar-refractivity contribution in [1.29, 1.82) is 0 Å². The summed E-state index contributed by atoms with van der Waals surface area (Å²) in [4.78, 5) is 13.2. The molecule has 0 saturated carbocycles. The predicted molar refractivity (Wildman–Crippen MR) is 95.4 cm³/mol. The zero-order valence-corrected chi connectivity index (χ0v) is 13.5. The molecule has 2 heterocycles. The van der Waals surface area contributed by atoms with Gasteiger partial charge in [0, 0.05) is 17.3 Å². The highest BCUT2D eigenvalue weighted by Crippen LogP contribution is 2.22. The minimum Gasteiger partial charge on any atom is -0.364 e. The highest BCUT2D eigenvalue weighted by Gasteiger charge is 2.11. The van der Waals surface area contributed by atoms with Crippen LogP contribution in [0.3, 0.4) is 0 Å². The number of imidazole rings is 1. The number of hydrogen-bond donors (Lipinski definition) is 1. The van der Waals surface area contributed by atoms with Gasteiger partial charge >= 0.3 is 0 Å². The molecular formula is C18H14ClN5. The first-order valence-electron chi connectivity index (χ1n) is 7.53. The van der Waals surface area contributed by atoms with Crippen molar-refractivity contribution in [1.82, 2.24) is 19.5 Å². The van der Waals surface area contributed by atoms with Crippen LogP contribution >= 0.6 is 11.6 Å². The van der Waals surface area contributed by atoms with Gasteiger partial charge in [-0.2, -0.15) is 0 Å². The minimum absolute atomic E-state index is 0.681. The maximum absolute atomic E-state index is 5.96. The standard InChI is InChI=1S/C18H14ClN5/c19-14-6-8-15(9-7-14)24-12-23-16-17(21-11-22-18(16)24)20-10-13-4-2-1-3-5-13/h1-9,11-12H,10H2,(H,20,21,22). The van der Waals surface area contributed by atoms with Crippen LogP contribution in [0.25, 0.3) is 16.9 Å². The average Bonchev–Trinajstić information content (AvgIpc) is 3.06. The molecule has 4 rings (SSSR count). The number of nitrogens with zero attached hydrogens (tertiary/aromatic N) is 4. The van der Waals surface area contributed by atoms with E-state index in [1.165, 1.54) is 5.56 Å². The normalized spacial score (nSPS) is 10.9. The van der Waals surface area contributed by atoms with E-state index in [1.807, 2.05) is 47.0 Å². The van der Waals surface area contributed by atoms with Gasteiger partial charge in [-0.05, 0) is 29.8 Å². The molecule has 0 saturated heterocycles. The summed E-state index contributed by atoms with van der Waals surface area (Å²) in [5, 5.41) is 4.03. The minimum atomic E-state index is 0.681. The molecule has 0 aliphatic rings. The van der Waals surface area contributed by atoms with Crippen molar-refractivity contribution in [2.75, 3.05) is 5.32 Å². The molecule has 0 radical (unpaired) electrons. The molecule has 2 aromatic heterocycles. The van der Waals surface area contributed by atoms with Crippen LogP contribution in [0.4, 0.5) is 5.82 Å². The summed E-state index contributed by atoms with van der Waals surface area (Å²) in [5.74, 6) is 0.719. The van der Waals surface area contributed by atoms with Crippen LogP contribution in [-0.4, -0.2) is 19.5 Å². The number of benzene rings is 2. The number of fused-ring (bicyclic) bond motifs is 1. The molecule has 118 valence electrons. The van der Waals surface area contributed by atoms with E-state index in [2.05, 4.69) is 32.4 Å². The third-order valence-corrected chi connectivity index (χ3v) is 3.99. The third-order valence-electron chi connectivity index (χ3n) is 3.74. The first-order chi connectivity index (χ1) is 11.8. The fraction of sp³-hybridized carbons (Fsp3) is 0.0556. The van der Waals surface area contributed by atoms with E-state index in [1.54, 1.807) is 12.7 Å². The smallest absolute Gasteiger partial charge is 0.170 e. The molecule has 0 unspecified atom stereocenters. The SMILES string of the molecule is Clc1ccc(-n2cnc3c(NCc4ccccc4)ncnc32)cc1. The van der Waals surface area contributed by atoms with Crippen molar-refractivity contribution >= 4 is 28.6 Å². The second kappa shape index (κ2) is 6.29. The largest absolute Gasteiger partial charge is 0.364 e. The molecule has 0 aliphatic heterocycles. The number of rotatable bonds is 4. The highest BCUT2D eigenvalue weighted by atomic mass is 35.5. The summed E-state index contributed by atoms with van der Waals surface area (Å²) < 4.78 is 1.92. The fourth-order valence-electron chi connectivity index (χ4n) is 2.54. The summed E-state index contributed by atoms with van der Waals surface area (Å²) in [6, 6.07) is 17.7. The van der Waals surface area contributed by atoms with Gasteiger partial charge in [0.05, 0.1) is 0 Å². The molecule has 0 fully saturated rings. The van der Waals surface area contributed by atoms with Crippen molar-refractivity contribution in [2.24, 2.45) is 0 Å². The van der Waals surface area contributed by atoms with Crippen LogP contribution < -0.4 is 5.32 Å². The number of hydrogen-bond acceptors (Lipinski definition) is 4. The van der Waals surface area contributed by atoms with Gasteiger partial charge in [-0.25, -0.2) is 15.0 Å². The van der Waals surface area contributed by atoms with E-state index in [4.69, 9.17) is 11.6 Å². The third kappa shape index (κ3) is 2.81. The van der Waals surface area contributed by atoms with Crippen LogP contribution in [-0.2, 0) is 6.54 Å². The lowest BCUT2D eigenvalue weighted by molar-refractivity contribution is 1.05. The lowest BCUT2D eigenvalue weighted by atomic mass is 10.2. The molecule has 0 atom stereocenters. The van der Waals surface area contributed by atoms with Crippen LogP contribution in [0.15, 0.2) is 67.3 Å². The van der Waals surface area contributed by atoms with Gasteiger partial charge in [-0.1, -0.05) is 41.9 Å². The van der Waals surface area contributed by atoms with E-state index in [0.29, 0.717) is 11.6 Å². The summed E-state index contributed by atoms with van der Waals surface area (Å²) in [6.45, 7) is 0.681. The quantitative estimate of drug-likeness (QED) is 0.610. The Morgan fingerprint density at radius 1 is 0.917 bits per heavy atom. The molecule has 5 nitrogen and oxygen atoms in total. The van der Waals surface area contributed by atoms with E-state index >= 15 is 0 Å². The number of anilines is 1. The topological polar surface area (TPSA) is 55.6 Å². The highest BCUT2D eigenvalue weighted by molar-refractivity contribution is 6.30. The average molecular weight is 336 g/mol. The van der Waals surface area contributed by atoms with Crippen LogP contribution in [0.5, 0.6) is 0 Å². The van der Waals surface area contributed by atoms with Crippen molar-refractivity contribution in [3.8, 4) is 5.69 Å². The molecular weight excluding hydrogens is 322 g/mol. The van der Waals surface area contributed by atoms with Crippen molar-refractivity contribution in [2.45, 2.75) is 6.54 Å². The Kier molecular flexibility index (Phi) is 3.84. The lowest BCUT2D eigenvalue weighted by Gasteiger charge is -2.07. The van der Waals surface area contributed by atoms with Crippen molar-refractivity contribution < 1.29 is 0 Å². The van der Waals surface area contributed by atoms with E-state index < -0.39 is 0 Å². The number of halogens is 1. The molecule has 0 amide bonds. The zero-order chi connectivity index (χ0) is 16.4. The Morgan fingerprint density at radius 2 is 1.71 bits per heavy atom. The fourth-order valence-corrected chi connectivity index (χ4v) is 2.66. The van der Waals surface area contributed by atoms with Crippen molar-refractivity contribution in [3.63, 3.8) is 0 Å². The summed E-state index contributed by atoms with van der Waals surface area (Å²) >= 11 is 5.96. The van der Waals surface area contributed by atoms with Crippen LogP contribution in [0, 0.1) is 0 Å². The molecule has 1 N–H and O–H groups in total. The van der Waals surface area contributed by atoms with Crippen LogP contribution in [0.1, 0.15) is 5.56 Å². The number of aromatic nitrogens is 4. The Bertz CT molecular complexity index is 964. The summed E-state index contributed by atoms with van der Waals surface area (Å²) in [6.07, 6.45) is 3.29. The van der Waals surface area contributed by atoms with Gasteiger partial charge in [0.15, 0.2) is 17.0 Å².